The molecule has 0 radical (unpaired) electrons. The second kappa shape index (κ2) is 26.5. The highest BCUT2D eigenvalue weighted by molar-refractivity contribution is 5.96. The molecule has 0 aliphatic rings. The van der Waals surface area contributed by atoms with E-state index in [-0.39, 0.29) is 62.2 Å². The number of benzene rings is 1. The topological polar surface area (TPSA) is 349 Å². The number of hydrogen-bond donors (Lipinski definition) is 12. The summed E-state index contributed by atoms with van der Waals surface area (Å²) >= 11 is 0. The molecule has 0 bridgehead atoms. The minimum atomic E-state index is -1.25. The van der Waals surface area contributed by atoms with Gasteiger partial charge in [0, 0.05) is 6.54 Å². The van der Waals surface area contributed by atoms with E-state index in [4.69, 9.17) is 22.9 Å². The van der Waals surface area contributed by atoms with Crippen LogP contribution < -0.4 is 54.8 Å². The molecule has 16 N–H and O–H groups in total. The summed E-state index contributed by atoms with van der Waals surface area (Å²) < 4.78 is 0. The summed E-state index contributed by atoms with van der Waals surface area (Å²) in [5.74, 6) is -5.63. The van der Waals surface area contributed by atoms with Gasteiger partial charge in [-0.1, -0.05) is 60.1 Å². The molecule has 332 valence electrons. The molecule has 0 saturated carbocycles. The SMILES string of the molecule is CC[C@H](C)[C@H](NC(=O)[C@H](CC(C)C)NC(=O)[C@@H](N)CO)C(=O)NCC(=O)N[C@@H](CCCN=C(N)N)C(=O)N[C@@H](CC(C)C)C(=O)N[C@@H](CCc1ccc(O)cc1)C(N)=O. The van der Waals surface area contributed by atoms with E-state index in [0.717, 1.165) is 5.56 Å². The van der Waals surface area contributed by atoms with Gasteiger partial charge in [0.2, 0.25) is 41.4 Å². The summed E-state index contributed by atoms with van der Waals surface area (Å²) in [7, 11) is 0. The van der Waals surface area contributed by atoms with Crippen LogP contribution in [0.15, 0.2) is 29.3 Å². The number of aryl methyl sites for hydroxylation is 1. The van der Waals surface area contributed by atoms with Crippen LogP contribution in [0.1, 0.15) is 85.6 Å². The first-order chi connectivity index (χ1) is 27.7. The lowest BCUT2D eigenvalue weighted by molar-refractivity contribution is -0.135. The molecule has 20 heteroatoms. The van der Waals surface area contributed by atoms with Gasteiger partial charge in [0.05, 0.1) is 13.2 Å². The number of primary amides is 1. The third kappa shape index (κ3) is 20.2. The maximum atomic E-state index is 13.7. The van der Waals surface area contributed by atoms with Crippen LogP contribution in [-0.2, 0) is 40.0 Å². The fraction of sp³-hybridized carbons (Fsp3) is 0.641. The molecule has 7 amide bonds. The normalized spacial score (nSPS) is 14.7. The highest BCUT2D eigenvalue weighted by Crippen LogP contribution is 2.14. The molecule has 0 saturated heterocycles. The fourth-order valence-electron chi connectivity index (χ4n) is 5.82. The number of carbonyl (C=O) groups is 7. The smallest absolute Gasteiger partial charge is 0.243 e. The van der Waals surface area contributed by atoms with Gasteiger partial charge >= 0.3 is 0 Å². The van der Waals surface area contributed by atoms with Crippen molar-refractivity contribution in [3.05, 3.63) is 29.8 Å². The monoisotopic (exact) mass is 834 g/mol. The first kappa shape index (κ1) is 51.5. The van der Waals surface area contributed by atoms with Crippen molar-refractivity contribution in [2.75, 3.05) is 19.7 Å². The lowest BCUT2D eigenvalue weighted by Crippen LogP contribution is -2.59. The molecule has 1 rings (SSSR count). The Hall–Kier alpha value is -5.50. The van der Waals surface area contributed by atoms with Crippen molar-refractivity contribution in [2.24, 2.45) is 45.7 Å². The number of nitrogens with one attached hydrogen (secondary N) is 6. The zero-order valence-corrected chi connectivity index (χ0v) is 35.1. The number of aliphatic hydroxyl groups is 1. The summed E-state index contributed by atoms with van der Waals surface area (Å²) in [4.78, 5) is 96.0. The predicted molar refractivity (Wildman–Crippen MR) is 222 cm³/mol. The van der Waals surface area contributed by atoms with Crippen molar-refractivity contribution < 1.29 is 43.8 Å². The van der Waals surface area contributed by atoms with E-state index in [1.54, 1.807) is 19.1 Å². The molecule has 59 heavy (non-hydrogen) atoms. The average molecular weight is 834 g/mol. The van der Waals surface area contributed by atoms with E-state index in [1.807, 2.05) is 34.6 Å². The van der Waals surface area contributed by atoms with Crippen LogP contribution >= 0.6 is 0 Å². The van der Waals surface area contributed by atoms with Gasteiger partial charge in [-0.25, -0.2) is 0 Å². The number of phenolic OH excluding ortho intramolecular Hbond substituents is 1. The van der Waals surface area contributed by atoms with Gasteiger partial charge in [-0.15, -0.1) is 0 Å². The molecule has 0 unspecified atom stereocenters. The van der Waals surface area contributed by atoms with Gasteiger partial charge < -0.3 is 65.0 Å². The first-order valence-electron chi connectivity index (χ1n) is 20.0. The van der Waals surface area contributed by atoms with Crippen molar-refractivity contribution in [1.29, 1.82) is 0 Å². The zero-order valence-electron chi connectivity index (χ0n) is 35.1. The second-order valence-corrected chi connectivity index (χ2v) is 15.5. The molecule has 0 fully saturated rings. The summed E-state index contributed by atoms with van der Waals surface area (Å²) in [5, 5.41) is 34.4. The Balaban J connectivity index is 3.15. The van der Waals surface area contributed by atoms with Crippen LogP contribution in [0.2, 0.25) is 0 Å². The van der Waals surface area contributed by atoms with E-state index in [1.165, 1.54) is 12.1 Å². The van der Waals surface area contributed by atoms with Crippen molar-refractivity contribution >= 4 is 47.3 Å². The molecule has 1 aromatic carbocycles. The fourth-order valence-corrected chi connectivity index (χ4v) is 5.82. The standard InChI is InChI=1S/C39H67N11O9/c1-7-23(6)32(50-37(58)30(18-22(4)5)48-34(55)26(40)20-51)38(59)45-19-31(53)46-28(9-8-16-44-39(42)43)35(56)49-29(17-21(2)3)36(57)47-27(33(41)54)15-12-24-10-13-25(52)14-11-24/h10-11,13-14,21-23,26-30,32,51-52H,7-9,12,15-20,40H2,1-6H3,(H2,41,54)(H,45,59)(H,46,53)(H,47,57)(H,48,55)(H,49,56)(H,50,58)(H4,42,43,44)/t23-,26-,27-,28-,29-,30-,32-/m0/s1. The predicted octanol–water partition coefficient (Wildman–Crippen LogP) is -2.14. The van der Waals surface area contributed by atoms with Crippen molar-refractivity contribution in [3.63, 3.8) is 0 Å². The number of aliphatic imine (C=N–C) groups is 1. The number of phenols is 1. The lowest BCUT2D eigenvalue weighted by atomic mass is 9.96. The molecule has 0 aromatic heterocycles. The maximum Gasteiger partial charge on any atom is 0.243 e. The van der Waals surface area contributed by atoms with Gasteiger partial charge in [0.1, 0.15) is 42.0 Å². The van der Waals surface area contributed by atoms with E-state index < -0.39 is 96.7 Å². The quantitative estimate of drug-likeness (QED) is 0.0257. The number of amides is 7. The van der Waals surface area contributed by atoms with Crippen molar-refractivity contribution in [1.82, 2.24) is 31.9 Å². The Morgan fingerprint density at radius 3 is 1.73 bits per heavy atom. The van der Waals surface area contributed by atoms with E-state index in [0.29, 0.717) is 12.8 Å². The number of carbonyl (C=O) groups excluding carboxylic acids is 7. The summed E-state index contributed by atoms with van der Waals surface area (Å²) in [6.07, 6.45) is 1.63. The van der Waals surface area contributed by atoms with Gasteiger partial charge in [-0.05, 0) is 74.0 Å². The Bertz CT molecular complexity index is 1570. The largest absolute Gasteiger partial charge is 0.508 e. The van der Waals surface area contributed by atoms with E-state index >= 15 is 0 Å². The van der Waals surface area contributed by atoms with Gasteiger partial charge in [-0.2, -0.15) is 0 Å². The number of guanidine groups is 1. The average Bonchev–Trinajstić information content (AvgIpc) is 3.17. The van der Waals surface area contributed by atoms with Crippen molar-refractivity contribution in [3.8, 4) is 5.75 Å². The van der Waals surface area contributed by atoms with Crippen molar-refractivity contribution in [2.45, 2.75) is 123 Å². The van der Waals surface area contributed by atoms with Gasteiger partial charge in [0.25, 0.3) is 0 Å². The molecule has 0 heterocycles. The molecule has 0 spiro atoms. The highest BCUT2D eigenvalue weighted by Gasteiger charge is 2.33. The molecule has 1 aromatic rings. The Labute approximate surface area is 346 Å². The van der Waals surface area contributed by atoms with Gasteiger partial charge in [-0.3, -0.25) is 38.6 Å². The molecule has 7 atom stereocenters. The molecule has 20 nitrogen and oxygen atoms in total. The third-order valence-electron chi connectivity index (χ3n) is 9.34. The summed E-state index contributed by atoms with van der Waals surface area (Å²) in [5.41, 5.74) is 22.9. The molecule has 0 aliphatic carbocycles. The van der Waals surface area contributed by atoms with Crippen LogP contribution in [0.5, 0.6) is 5.75 Å². The summed E-state index contributed by atoms with van der Waals surface area (Å²) in [6, 6.07) is -0.482. The number of nitrogens with two attached hydrogens (primary N) is 4. The molecular weight excluding hydrogens is 766 g/mol. The first-order valence-corrected chi connectivity index (χ1v) is 20.0. The Morgan fingerprint density at radius 1 is 0.695 bits per heavy atom. The minimum absolute atomic E-state index is 0.0311. The lowest BCUT2D eigenvalue weighted by Gasteiger charge is -2.28. The summed E-state index contributed by atoms with van der Waals surface area (Å²) in [6.45, 7) is 9.79. The highest BCUT2D eigenvalue weighted by atomic mass is 16.3. The molecular formula is C39H67N11O9. The zero-order chi connectivity index (χ0) is 44.8. The molecule has 0 aliphatic heterocycles. The third-order valence-corrected chi connectivity index (χ3v) is 9.34. The van der Waals surface area contributed by atoms with Crippen LogP contribution in [0.3, 0.4) is 0 Å². The number of aromatic hydroxyl groups is 1. The van der Waals surface area contributed by atoms with E-state index in [2.05, 4.69) is 36.9 Å². The Morgan fingerprint density at radius 2 is 1.22 bits per heavy atom. The minimum Gasteiger partial charge on any atom is -0.508 e. The number of rotatable bonds is 27. The van der Waals surface area contributed by atoms with Crippen LogP contribution in [0.25, 0.3) is 0 Å². The van der Waals surface area contributed by atoms with E-state index in [9.17, 15) is 43.8 Å². The number of hydrogen-bond acceptors (Lipinski definition) is 11. The number of nitrogens with zero attached hydrogens (tertiary/aromatic N) is 1. The van der Waals surface area contributed by atoms with Gasteiger partial charge in [0.15, 0.2) is 5.96 Å². The number of aliphatic hydroxyl groups excluding tert-OH is 1. The van der Waals surface area contributed by atoms with Crippen LogP contribution in [0.4, 0.5) is 0 Å². The second-order valence-electron chi connectivity index (χ2n) is 15.5. The van der Waals surface area contributed by atoms with Crippen LogP contribution in [0, 0.1) is 17.8 Å². The maximum absolute atomic E-state index is 13.7. The van der Waals surface area contributed by atoms with Crippen LogP contribution in [-0.4, -0.2) is 113 Å². The Kier molecular flexibility index (Phi) is 23.1.